The van der Waals surface area contributed by atoms with E-state index in [1.54, 1.807) is 0 Å². The van der Waals surface area contributed by atoms with Crippen molar-refractivity contribution in [2.75, 3.05) is 65.6 Å². The van der Waals surface area contributed by atoms with E-state index in [1.165, 1.54) is 77.0 Å². The van der Waals surface area contributed by atoms with Crippen LogP contribution < -0.4 is 11.5 Å². The van der Waals surface area contributed by atoms with E-state index in [-0.39, 0.29) is 37.0 Å². The highest BCUT2D eigenvalue weighted by Crippen LogP contribution is 2.22. The third-order valence-corrected chi connectivity index (χ3v) is 11.6. The molecule has 346 valence electrons. The van der Waals surface area contributed by atoms with Crippen molar-refractivity contribution in [2.45, 2.75) is 220 Å². The summed E-state index contributed by atoms with van der Waals surface area (Å²) in [5.41, 5.74) is 11.7. The standard InChI is InChI=1S/C48H98N4O6/c1-5-9-13-17-19-23-31-43(29-21-15-11-7-3)47(55)57-41-45(53)39-51(37-27-33-49)35-25-26-36-52(38-28-34-50)40-46(54)42-58-48(56)44(30-22-16-12-8-4)32-24-20-18-14-10-6-2/h43-46,53-54H,5-42,49-50H2,1-4H3. The number of nitrogens with two attached hydrogens (primary N) is 2. The lowest BCUT2D eigenvalue weighted by Gasteiger charge is -2.27. The van der Waals surface area contributed by atoms with Gasteiger partial charge in [0.05, 0.1) is 11.8 Å². The number of hydrogen-bond donors (Lipinski definition) is 4. The Morgan fingerprint density at radius 2 is 0.707 bits per heavy atom. The van der Waals surface area contributed by atoms with E-state index in [4.69, 9.17) is 20.9 Å². The second-order valence-electron chi connectivity index (χ2n) is 17.4. The SMILES string of the molecule is CCCCCCCCC(CCCCCC)C(=O)OCC(O)CN(CCCN)CCCCN(CCCN)CC(O)COC(=O)C(CCCCCC)CCCCCCCC. The quantitative estimate of drug-likeness (QED) is 0.0345. The first kappa shape index (κ1) is 56.7. The predicted octanol–water partition coefficient (Wildman–Crippen LogP) is 9.55. The predicted molar refractivity (Wildman–Crippen MR) is 244 cm³/mol. The van der Waals surface area contributed by atoms with Crippen LogP contribution in [0.4, 0.5) is 0 Å². The van der Waals surface area contributed by atoms with Gasteiger partial charge in [-0.2, -0.15) is 0 Å². The largest absolute Gasteiger partial charge is 0.463 e. The van der Waals surface area contributed by atoms with Gasteiger partial charge in [0.1, 0.15) is 25.4 Å². The molecular formula is C48H98N4O6. The molecule has 0 heterocycles. The zero-order valence-corrected chi connectivity index (χ0v) is 38.8. The molecule has 0 aromatic heterocycles. The number of esters is 2. The van der Waals surface area contributed by atoms with Crippen LogP contribution in [0, 0.1) is 11.8 Å². The number of rotatable bonds is 45. The number of ether oxygens (including phenoxy) is 2. The number of unbranched alkanes of at least 4 members (excludes halogenated alkanes) is 17. The average Bonchev–Trinajstić information content (AvgIpc) is 3.22. The highest BCUT2D eigenvalue weighted by atomic mass is 16.5. The minimum absolute atomic E-state index is 0.0217. The molecule has 0 rings (SSSR count). The Morgan fingerprint density at radius 3 is 1.02 bits per heavy atom. The first-order valence-corrected chi connectivity index (χ1v) is 24.8. The molecule has 0 radical (unpaired) electrons. The topological polar surface area (TPSA) is 152 Å². The third-order valence-electron chi connectivity index (χ3n) is 11.6. The number of aliphatic hydroxyl groups is 2. The van der Waals surface area contributed by atoms with Crippen molar-refractivity contribution in [2.24, 2.45) is 23.3 Å². The molecule has 0 bridgehead atoms. The number of hydrogen-bond acceptors (Lipinski definition) is 10. The van der Waals surface area contributed by atoms with Crippen molar-refractivity contribution in [3.63, 3.8) is 0 Å². The smallest absolute Gasteiger partial charge is 0.309 e. The van der Waals surface area contributed by atoms with E-state index < -0.39 is 12.2 Å². The molecule has 10 nitrogen and oxygen atoms in total. The summed E-state index contributed by atoms with van der Waals surface area (Å²) in [4.78, 5) is 30.8. The fourth-order valence-electron chi connectivity index (χ4n) is 7.92. The van der Waals surface area contributed by atoms with Crippen LogP contribution in [0.15, 0.2) is 0 Å². The van der Waals surface area contributed by atoms with Crippen LogP contribution in [0.25, 0.3) is 0 Å². The second-order valence-corrected chi connectivity index (χ2v) is 17.4. The molecule has 4 atom stereocenters. The zero-order chi connectivity index (χ0) is 42.9. The maximum atomic E-state index is 13.2. The van der Waals surface area contributed by atoms with Gasteiger partial charge in [0, 0.05) is 13.1 Å². The molecule has 0 aromatic carbocycles. The number of aliphatic hydroxyl groups excluding tert-OH is 2. The van der Waals surface area contributed by atoms with Crippen molar-refractivity contribution in [1.29, 1.82) is 0 Å². The first-order valence-electron chi connectivity index (χ1n) is 24.8. The summed E-state index contributed by atoms with van der Waals surface area (Å²) < 4.78 is 11.5. The normalized spacial score (nSPS) is 13.9. The van der Waals surface area contributed by atoms with Crippen LogP contribution in [-0.2, 0) is 19.1 Å². The van der Waals surface area contributed by atoms with Gasteiger partial charge in [-0.1, -0.05) is 156 Å². The van der Waals surface area contributed by atoms with Crippen molar-refractivity contribution in [3.8, 4) is 0 Å². The lowest BCUT2D eigenvalue weighted by Crippen LogP contribution is -2.39. The van der Waals surface area contributed by atoms with Gasteiger partial charge >= 0.3 is 11.9 Å². The number of carbonyl (C=O) groups is 2. The van der Waals surface area contributed by atoms with Crippen LogP contribution >= 0.6 is 0 Å². The fourth-order valence-corrected chi connectivity index (χ4v) is 7.92. The van der Waals surface area contributed by atoms with Crippen LogP contribution in [0.1, 0.15) is 207 Å². The van der Waals surface area contributed by atoms with Crippen LogP contribution in [0.5, 0.6) is 0 Å². The Balaban J connectivity index is 4.97. The van der Waals surface area contributed by atoms with Crippen molar-refractivity contribution < 1.29 is 29.3 Å². The summed E-state index contributed by atoms with van der Waals surface area (Å²) in [5, 5.41) is 21.9. The van der Waals surface area contributed by atoms with Gasteiger partial charge in [-0.05, 0) is 90.6 Å². The summed E-state index contributed by atoms with van der Waals surface area (Å²) in [7, 11) is 0. The summed E-state index contributed by atoms with van der Waals surface area (Å²) in [6.45, 7) is 14.1. The molecule has 0 aliphatic heterocycles. The van der Waals surface area contributed by atoms with Gasteiger partial charge in [0.15, 0.2) is 0 Å². The molecule has 6 N–H and O–H groups in total. The molecule has 10 heteroatoms. The molecule has 0 aromatic rings. The third kappa shape index (κ3) is 34.4. The van der Waals surface area contributed by atoms with E-state index in [9.17, 15) is 19.8 Å². The molecule has 0 saturated carbocycles. The van der Waals surface area contributed by atoms with Gasteiger partial charge in [-0.15, -0.1) is 0 Å². The minimum Gasteiger partial charge on any atom is -0.463 e. The summed E-state index contributed by atoms with van der Waals surface area (Å²) in [6, 6.07) is 0. The number of carbonyl (C=O) groups excluding carboxylic acids is 2. The van der Waals surface area contributed by atoms with E-state index in [0.717, 1.165) is 129 Å². The van der Waals surface area contributed by atoms with Gasteiger partial charge < -0.3 is 41.0 Å². The van der Waals surface area contributed by atoms with Gasteiger partial charge in [0.25, 0.3) is 0 Å². The maximum Gasteiger partial charge on any atom is 0.309 e. The van der Waals surface area contributed by atoms with E-state index in [1.807, 2.05) is 0 Å². The molecule has 58 heavy (non-hydrogen) atoms. The highest BCUT2D eigenvalue weighted by molar-refractivity contribution is 5.72. The molecule has 0 amide bonds. The second kappa shape index (κ2) is 42.4. The zero-order valence-electron chi connectivity index (χ0n) is 38.8. The van der Waals surface area contributed by atoms with Gasteiger partial charge in [-0.3, -0.25) is 9.59 Å². The lowest BCUT2D eigenvalue weighted by atomic mass is 9.94. The van der Waals surface area contributed by atoms with Gasteiger partial charge in [-0.25, -0.2) is 0 Å². The summed E-state index contributed by atoms with van der Waals surface area (Å²) in [6.07, 6.45) is 29.1. The van der Waals surface area contributed by atoms with E-state index in [2.05, 4.69) is 37.5 Å². The van der Waals surface area contributed by atoms with Crippen LogP contribution in [0.3, 0.4) is 0 Å². The molecule has 0 fully saturated rings. The molecule has 0 saturated heterocycles. The summed E-state index contributed by atoms with van der Waals surface area (Å²) in [5.74, 6) is -0.461. The lowest BCUT2D eigenvalue weighted by molar-refractivity contribution is -0.153. The van der Waals surface area contributed by atoms with Crippen LogP contribution in [-0.4, -0.2) is 110 Å². The maximum absolute atomic E-state index is 13.2. The molecule has 4 unspecified atom stereocenters. The molecule has 0 aliphatic carbocycles. The molecule has 0 aliphatic rings. The first-order chi connectivity index (χ1) is 28.3. The highest BCUT2D eigenvalue weighted by Gasteiger charge is 2.23. The van der Waals surface area contributed by atoms with Crippen molar-refractivity contribution in [3.05, 3.63) is 0 Å². The van der Waals surface area contributed by atoms with Crippen LogP contribution in [0.2, 0.25) is 0 Å². The Bertz CT molecular complexity index is 828. The monoisotopic (exact) mass is 827 g/mol. The van der Waals surface area contributed by atoms with E-state index >= 15 is 0 Å². The Kier molecular flexibility index (Phi) is 41.4. The fraction of sp³-hybridized carbons (Fsp3) is 0.958. The minimum atomic E-state index is -0.753. The van der Waals surface area contributed by atoms with Crippen molar-refractivity contribution >= 4 is 11.9 Å². The Morgan fingerprint density at radius 1 is 0.431 bits per heavy atom. The number of nitrogens with zero attached hydrogens (tertiary/aromatic N) is 2. The molecular weight excluding hydrogens is 729 g/mol. The Hall–Kier alpha value is -1.30. The Labute approximate surface area is 358 Å². The summed E-state index contributed by atoms with van der Waals surface area (Å²) >= 11 is 0. The average molecular weight is 827 g/mol. The van der Waals surface area contributed by atoms with Gasteiger partial charge in [0.2, 0.25) is 0 Å². The molecule has 0 spiro atoms. The van der Waals surface area contributed by atoms with E-state index in [0.29, 0.717) is 26.2 Å². The van der Waals surface area contributed by atoms with Crippen molar-refractivity contribution in [1.82, 2.24) is 9.80 Å².